The molecular formula is C16H19ClN2S. The van der Waals surface area contributed by atoms with Crippen LogP contribution in [0, 0.1) is 0 Å². The van der Waals surface area contributed by atoms with Crippen LogP contribution in [0.25, 0.3) is 10.2 Å². The van der Waals surface area contributed by atoms with Crippen LogP contribution >= 0.6 is 22.9 Å². The van der Waals surface area contributed by atoms with Crippen LogP contribution in [0.1, 0.15) is 49.7 Å². The summed E-state index contributed by atoms with van der Waals surface area (Å²) in [6.45, 7) is 0. The van der Waals surface area contributed by atoms with Crippen LogP contribution in [0.3, 0.4) is 0 Å². The number of hydrogen-bond acceptors (Lipinski definition) is 3. The van der Waals surface area contributed by atoms with Crippen LogP contribution in [-0.2, 0) is 12.8 Å². The van der Waals surface area contributed by atoms with E-state index in [4.69, 9.17) is 16.6 Å². The van der Waals surface area contributed by atoms with E-state index in [1.807, 2.05) is 0 Å². The van der Waals surface area contributed by atoms with Crippen LogP contribution in [0.2, 0.25) is 5.02 Å². The Morgan fingerprint density at radius 3 is 2.80 bits per heavy atom. The Bertz CT molecular complexity index is 643. The van der Waals surface area contributed by atoms with Gasteiger partial charge in [-0.3, -0.25) is 0 Å². The largest absolute Gasteiger partial charge is 0.359 e. The fraction of sp³-hybridized carbons (Fsp3) is 0.562. The Kier molecular flexibility index (Phi) is 3.35. The third kappa shape index (κ3) is 2.21. The molecule has 0 saturated heterocycles. The van der Waals surface area contributed by atoms with E-state index in [9.17, 15) is 0 Å². The fourth-order valence-electron chi connectivity index (χ4n) is 3.56. The molecule has 4 rings (SSSR count). The zero-order valence-corrected chi connectivity index (χ0v) is 13.1. The van der Waals surface area contributed by atoms with E-state index in [0.717, 1.165) is 15.7 Å². The molecule has 0 aliphatic heterocycles. The Hall–Kier alpha value is -0.800. The zero-order valence-electron chi connectivity index (χ0n) is 11.5. The van der Waals surface area contributed by atoms with Crippen molar-refractivity contribution in [2.75, 3.05) is 5.32 Å². The number of hydrogen-bond donors (Lipinski definition) is 1. The predicted octanol–water partition coefficient (Wildman–Crippen LogP) is 5.18. The highest BCUT2D eigenvalue weighted by Crippen LogP contribution is 2.39. The Labute approximate surface area is 128 Å². The van der Waals surface area contributed by atoms with Crippen molar-refractivity contribution in [1.82, 2.24) is 4.98 Å². The van der Waals surface area contributed by atoms with Gasteiger partial charge in [-0.05, 0) is 55.7 Å². The van der Waals surface area contributed by atoms with Crippen LogP contribution in [0.15, 0.2) is 6.07 Å². The van der Waals surface area contributed by atoms with Crippen molar-refractivity contribution in [3.8, 4) is 0 Å². The number of nitrogens with one attached hydrogen (secondary N) is 1. The second kappa shape index (κ2) is 5.19. The molecule has 1 aromatic carbocycles. The molecule has 20 heavy (non-hydrogen) atoms. The lowest BCUT2D eigenvalue weighted by molar-refractivity contribution is 0.690. The summed E-state index contributed by atoms with van der Waals surface area (Å²) in [7, 11) is 0. The molecule has 2 aromatic rings. The molecule has 1 heterocycles. The van der Waals surface area contributed by atoms with E-state index in [-0.39, 0.29) is 0 Å². The van der Waals surface area contributed by atoms with Gasteiger partial charge in [-0.25, -0.2) is 4.98 Å². The molecule has 4 heteroatoms. The van der Waals surface area contributed by atoms with Crippen LogP contribution in [0.4, 0.5) is 5.13 Å². The first-order valence-corrected chi connectivity index (χ1v) is 8.88. The standard InChI is InChI=1S/C16H19ClN2S/c17-13-9-10-5-1-4-8-12(10)15-14(13)19-16(20-15)18-11-6-2-3-7-11/h9,11H,1-8H2,(H,18,19). The third-order valence-electron chi connectivity index (χ3n) is 4.62. The number of aryl methyl sites for hydroxylation is 2. The minimum atomic E-state index is 0.616. The number of halogens is 1. The molecule has 0 spiro atoms. The maximum Gasteiger partial charge on any atom is 0.184 e. The molecule has 0 amide bonds. The SMILES string of the molecule is Clc1cc2c(c3sc(NC4CCCC4)nc13)CCCC2. The van der Waals surface area contributed by atoms with Crippen molar-refractivity contribution < 1.29 is 0 Å². The zero-order chi connectivity index (χ0) is 13.5. The van der Waals surface area contributed by atoms with Gasteiger partial charge in [0, 0.05) is 6.04 Å². The van der Waals surface area contributed by atoms with Gasteiger partial charge in [0.15, 0.2) is 5.13 Å². The summed E-state index contributed by atoms with van der Waals surface area (Å²) in [4.78, 5) is 4.76. The molecule has 1 aromatic heterocycles. The average molecular weight is 307 g/mol. The number of anilines is 1. The smallest absolute Gasteiger partial charge is 0.184 e. The predicted molar refractivity (Wildman–Crippen MR) is 87.2 cm³/mol. The summed E-state index contributed by atoms with van der Waals surface area (Å²) in [5.74, 6) is 0. The summed E-state index contributed by atoms with van der Waals surface area (Å²) in [6.07, 6.45) is 10.2. The minimum Gasteiger partial charge on any atom is -0.359 e. The van der Waals surface area contributed by atoms with Crippen molar-refractivity contribution >= 4 is 38.3 Å². The topological polar surface area (TPSA) is 24.9 Å². The van der Waals surface area contributed by atoms with E-state index >= 15 is 0 Å². The molecule has 106 valence electrons. The van der Waals surface area contributed by atoms with Crippen molar-refractivity contribution in [1.29, 1.82) is 0 Å². The quantitative estimate of drug-likeness (QED) is 0.826. The summed E-state index contributed by atoms with van der Waals surface area (Å²) in [6, 6.07) is 2.77. The van der Waals surface area contributed by atoms with Gasteiger partial charge in [-0.2, -0.15) is 0 Å². The highest BCUT2D eigenvalue weighted by molar-refractivity contribution is 7.22. The molecule has 1 fully saturated rings. The highest BCUT2D eigenvalue weighted by Gasteiger charge is 2.20. The van der Waals surface area contributed by atoms with Gasteiger partial charge >= 0.3 is 0 Å². The normalized spacial score (nSPS) is 19.4. The van der Waals surface area contributed by atoms with Gasteiger partial charge < -0.3 is 5.32 Å². The van der Waals surface area contributed by atoms with Gasteiger partial charge in [0.2, 0.25) is 0 Å². The second-order valence-electron chi connectivity index (χ2n) is 6.03. The number of benzene rings is 1. The molecule has 1 saturated carbocycles. The van der Waals surface area contributed by atoms with Crippen LogP contribution in [-0.4, -0.2) is 11.0 Å². The number of aromatic nitrogens is 1. The van der Waals surface area contributed by atoms with Crippen molar-refractivity contribution in [2.24, 2.45) is 0 Å². The highest BCUT2D eigenvalue weighted by atomic mass is 35.5. The monoisotopic (exact) mass is 306 g/mol. The number of fused-ring (bicyclic) bond motifs is 3. The van der Waals surface area contributed by atoms with Crippen molar-refractivity contribution in [2.45, 2.75) is 57.4 Å². The molecule has 2 nitrogen and oxygen atoms in total. The van der Waals surface area contributed by atoms with E-state index in [1.54, 1.807) is 11.3 Å². The maximum absolute atomic E-state index is 6.44. The van der Waals surface area contributed by atoms with Gasteiger partial charge in [0.05, 0.1) is 9.72 Å². The molecular weight excluding hydrogens is 288 g/mol. The fourth-order valence-corrected chi connectivity index (χ4v) is 5.05. The Morgan fingerprint density at radius 2 is 1.95 bits per heavy atom. The summed E-state index contributed by atoms with van der Waals surface area (Å²) < 4.78 is 1.33. The summed E-state index contributed by atoms with van der Waals surface area (Å²) in [5.41, 5.74) is 3.97. The first-order valence-electron chi connectivity index (χ1n) is 7.68. The first kappa shape index (κ1) is 12.9. The molecule has 0 radical (unpaired) electrons. The molecule has 0 atom stereocenters. The lowest BCUT2D eigenvalue weighted by Crippen LogP contribution is -2.13. The summed E-state index contributed by atoms with van der Waals surface area (Å²) >= 11 is 8.25. The van der Waals surface area contributed by atoms with Crippen molar-refractivity contribution in [3.63, 3.8) is 0 Å². The lowest BCUT2D eigenvalue weighted by atomic mass is 9.91. The van der Waals surface area contributed by atoms with Gasteiger partial charge in [-0.15, -0.1) is 0 Å². The van der Waals surface area contributed by atoms with Crippen LogP contribution in [0.5, 0.6) is 0 Å². The van der Waals surface area contributed by atoms with E-state index < -0.39 is 0 Å². The second-order valence-corrected chi connectivity index (χ2v) is 7.43. The summed E-state index contributed by atoms with van der Waals surface area (Å²) in [5, 5.41) is 5.51. The van der Waals surface area contributed by atoms with Gasteiger partial charge in [0.25, 0.3) is 0 Å². The number of thiazole rings is 1. The van der Waals surface area contributed by atoms with E-state index in [1.165, 1.54) is 67.2 Å². The number of nitrogens with zero attached hydrogens (tertiary/aromatic N) is 1. The molecule has 1 N–H and O–H groups in total. The molecule has 0 unspecified atom stereocenters. The minimum absolute atomic E-state index is 0.616. The third-order valence-corrected chi connectivity index (χ3v) is 5.96. The van der Waals surface area contributed by atoms with E-state index in [2.05, 4.69) is 11.4 Å². The number of rotatable bonds is 2. The Balaban J connectivity index is 1.75. The average Bonchev–Trinajstić information content (AvgIpc) is 3.09. The molecule has 2 aliphatic rings. The van der Waals surface area contributed by atoms with E-state index in [0.29, 0.717) is 6.04 Å². The molecule has 2 aliphatic carbocycles. The maximum atomic E-state index is 6.44. The Morgan fingerprint density at radius 1 is 1.15 bits per heavy atom. The van der Waals surface area contributed by atoms with Crippen molar-refractivity contribution in [3.05, 3.63) is 22.2 Å². The lowest BCUT2D eigenvalue weighted by Gasteiger charge is -2.16. The molecule has 0 bridgehead atoms. The first-order chi connectivity index (χ1) is 9.81. The van der Waals surface area contributed by atoms with Gasteiger partial charge in [0.1, 0.15) is 5.52 Å². The van der Waals surface area contributed by atoms with Crippen LogP contribution < -0.4 is 5.32 Å². The van der Waals surface area contributed by atoms with Gasteiger partial charge in [-0.1, -0.05) is 35.8 Å².